The van der Waals surface area contributed by atoms with E-state index in [0.717, 1.165) is 0 Å². The van der Waals surface area contributed by atoms with Crippen LogP contribution in [0.25, 0.3) is 0 Å². The summed E-state index contributed by atoms with van der Waals surface area (Å²) in [4.78, 5) is 14.8. The molecule has 1 unspecified atom stereocenters. The molecule has 0 aromatic carbocycles. The molecule has 1 amide bonds. The number of carbonyl (C=O) groups is 1. The average Bonchev–Trinajstić information content (AvgIpc) is 2.20. The predicted molar refractivity (Wildman–Crippen MR) is 91.4 cm³/mol. The Hall–Kier alpha value is -0.260. The Morgan fingerprint density at radius 3 is 1.62 bits per heavy atom. The number of nitrogens with zero attached hydrogens (tertiary/aromatic N) is 1. The Labute approximate surface area is 134 Å². The fraction of sp³-hybridized carbons (Fsp3) is 0.938. The third kappa shape index (κ3) is 6.17. The van der Waals surface area contributed by atoms with Crippen molar-refractivity contribution in [3.05, 3.63) is 0 Å². The molecule has 2 atom stereocenters. The van der Waals surface area contributed by atoms with Crippen molar-refractivity contribution >= 4 is 17.3 Å². The number of nitrogens with one attached hydrogen (secondary N) is 1. The minimum Gasteiger partial charge on any atom is -0.598 e. The second kappa shape index (κ2) is 7.34. The first kappa shape index (κ1) is 20.7. The molecule has 0 rings (SSSR count). The van der Waals surface area contributed by atoms with E-state index in [1.165, 1.54) is 0 Å². The topological polar surface area (TPSA) is 55.4 Å². The van der Waals surface area contributed by atoms with Crippen molar-refractivity contribution in [1.29, 1.82) is 0 Å². The van der Waals surface area contributed by atoms with Crippen LogP contribution in [0.3, 0.4) is 0 Å². The van der Waals surface area contributed by atoms with Crippen molar-refractivity contribution in [2.45, 2.75) is 92.1 Å². The molecule has 0 bridgehead atoms. The van der Waals surface area contributed by atoms with E-state index in [9.17, 15) is 9.35 Å². The molecular weight excluding hydrogens is 284 g/mol. The molecule has 5 heteroatoms. The lowest BCUT2D eigenvalue weighted by Gasteiger charge is -2.39. The first-order valence-electron chi connectivity index (χ1n) is 7.69. The molecule has 126 valence electrons. The third-order valence-corrected chi connectivity index (χ3v) is 4.82. The largest absolute Gasteiger partial charge is 0.598 e. The summed E-state index contributed by atoms with van der Waals surface area (Å²) in [7, 11) is 0. The molecule has 4 nitrogen and oxygen atoms in total. The van der Waals surface area contributed by atoms with E-state index in [1.54, 1.807) is 0 Å². The Morgan fingerprint density at radius 2 is 1.38 bits per heavy atom. The van der Waals surface area contributed by atoms with Gasteiger partial charge >= 0.3 is 0 Å². The predicted octanol–water partition coefficient (Wildman–Crippen LogP) is 3.10. The van der Waals surface area contributed by atoms with Crippen molar-refractivity contribution in [3.8, 4) is 0 Å². The van der Waals surface area contributed by atoms with E-state index in [1.807, 2.05) is 74.1 Å². The fourth-order valence-corrected chi connectivity index (χ4v) is 3.16. The molecule has 0 radical (unpaired) electrons. The molecule has 0 aliphatic heterocycles. The van der Waals surface area contributed by atoms with Gasteiger partial charge in [0.15, 0.2) is 0 Å². The highest BCUT2D eigenvalue weighted by Crippen LogP contribution is 2.26. The summed E-state index contributed by atoms with van der Waals surface area (Å²) < 4.78 is 15.1. The number of carbonyl (C=O) groups excluding carboxylic acids is 1. The zero-order chi connectivity index (χ0) is 17.2. The molecule has 0 fully saturated rings. The first-order chi connectivity index (χ1) is 9.19. The average molecular weight is 319 g/mol. The van der Waals surface area contributed by atoms with Crippen molar-refractivity contribution < 1.29 is 9.35 Å². The highest BCUT2D eigenvalue weighted by Gasteiger charge is 2.41. The van der Waals surface area contributed by atoms with Crippen LogP contribution in [0.5, 0.6) is 0 Å². The van der Waals surface area contributed by atoms with Crippen LogP contribution in [0.2, 0.25) is 0 Å². The summed E-state index contributed by atoms with van der Waals surface area (Å²) in [5.74, 6) is 0.0186. The van der Waals surface area contributed by atoms with E-state index in [-0.39, 0.29) is 23.4 Å². The highest BCUT2D eigenvalue weighted by atomic mass is 32.2. The van der Waals surface area contributed by atoms with Gasteiger partial charge in [-0.1, -0.05) is 20.8 Å². The van der Waals surface area contributed by atoms with Crippen molar-refractivity contribution in [2.75, 3.05) is 0 Å². The van der Waals surface area contributed by atoms with E-state index in [4.69, 9.17) is 0 Å². The molecule has 0 spiro atoms. The van der Waals surface area contributed by atoms with Gasteiger partial charge in [0.1, 0.15) is 10.8 Å². The van der Waals surface area contributed by atoms with Gasteiger partial charge in [-0.15, -0.1) is 4.72 Å². The second-order valence-electron chi connectivity index (χ2n) is 8.23. The molecule has 0 heterocycles. The standard InChI is InChI=1S/C16H34N2O2S/c1-11(2)18(12(3)4)14(19)13(15(5,6)7)17-21(20)16(8,9)10/h11-13,17H,1-10H3/t13-,21?/m0/s1. The van der Waals surface area contributed by atoms with Gasteiger partial charge in [0.2, 0.25) is 5.91 Å². The van der Waals surface area contributed by atoms with Gasteiger partial charge in [0.25, 0.3) is 0 Å². The van der Waals surface area contributed by atoms with Crippen LogP contribution in [0, 0.1) is 5.41 Å². The van der Waals surface area contributed by atoms with Gasteiger partial charge < -0.3 is 9.45 Å². The number of hydrogen-bond donors (Lipinski definition) is 1. The van der Waals surface area contributed by atoms with Crippen LogP contribution in [0.15, 0.2) is 0 Å². The van der Waals surface area contributed by atoms with E-state index in [2.05, 4.69) is 4.72 Å². The zero-order valence-electron chi connectivity index (χ0n) is 15.4. The molecule has 0 saturated heterocycles. The number of rotatable bonds is 5. The Balaban J connectivity index is 5.40. The van der Waals surface area contributed by atoms with Crippen LogP contribution in [-0.4, -0.2) is 38.2 Å². The molecule has 1 N–H and O–H groups in total. The van der Waals surface area contributed by atoms with Crippen molar-refractivity contribution in [2.24, 2.45) is 5.41 Å². The van der Waals surface area contributed by atoms with E-state index >= 15 is 0 Å². The highest BCUT2D eigenvalue weighted by molar-refractivity contribution is 7.90. The quantitative estimate of drug-likeness (QED) is 0.793. The summed E-state index contributed by atoms with van der Waals surface area (Å²) in [5.41, 5.74) is -0.306. The lowest BCUT2D eigenvalue weighted by molar-refractivity contribution is -0.139. The lowest BCUT2D eigenvalue weighted by Crippen LogP contribution is -2.59. The summed E-state index contributed by atoms with van der Waals surface area (Å²) >= 11 is -1.27. The smallest absolute Gasteiger partial charge is 0.245 e. The van der Waals surface area contributed by atoms with Crippen LogP contribution < -0.4 is 4.72 Å². The van der Waals surface area contributed by atoms with Crippen LogP contribution in [0.4, 0.5) is 0 Å². The maximum absolute atomic E-state index is 13.0. The molecule has 0 saturated carbocycles. The molecule has 0 aromatic rings. The van der Waals surface area contributed by atoms with E-state index < -0.39 is 22.2 Å². The molecule has 0 aromatic heterocycles. The molecule has 21 heavy (non-hydrogen) atoms. The van der Waals surface area contributed by atoms with Gasteiger partial charge in [-0.3, -0.25) is 4.79 Å². The number of amides is 1. The van der Waals surface area contributed by atoms with Gasteiger partial charge in [-0.25, -0.2) is 0 Å². The Bertz CT molecular complexity index is 335. The van der Waals surface area contributed by atoms with Crippen LogP contribution >= 0.6 is 0 Å². The zero-order valence-corrected chi connectivity index (χ0v) is 16.2. The Morgan fingerprint density at radius 1 is 1.00 bits per heavy atom. The van der Waals surface area contributed by atoms with Gasteiger partial charge in [-0.2, -0.15) is 0 Å². The van der Waals surface area contributed by atoms with Crippen LogP contribution in [-0.2, 0) is 16.2 Å². The summed E-state index contributed by atoms with van der Waals surface area (Å²) in [6.07, 6.45) is 0. The van der Waals surface area contributed by atoms with Gasteiger partial charge in [-0.05, 0) is 53.9 Å². The van der Waals surface area contributed by atoms with Gasteiger partial charge in [0.05, 0.1) is 0 Å². The minimum atomic E-state index is -1.27. The normalized spacial score (nSPS) is 16.2. The second-order valence-corrected chi connectivity index (χ2v) is 10.2. The lowest BCUT2D eigenvalue weighted by atomic mass is 9.86. The minimum absolute atomic E-state index is 0.0186. The monoisotopic (exact) mass is 318 g/mol. The molecule has 0 aliphatic carbocycles. The maximum Gasteiger partial charge on any atom is 0.245 e. The first-order valence-corrected chi connectivity index (χ1v) is 8.84. The van der Waals surface area contributed by atoms with E-state index in [0.29, 0.717) is 0 Å². The summed E-state index contributed by atoms with van der Waals surface area (Å²) in [6, 6.07) is -0.234. The fourth-order valence-electron chi connectivity index (χ4n) is 2.14. The molecular formula is C16H34N2O2S. The SMILES string of the molecule is CC(C)N(C(=O)[C@H](N[S+]([O-])C(C)(C)C)C(C)(C)C)C(C)C. The number of hydrogen-bond acceptors (Lipinski definition) is 3. The van der Waals surface area contributed by atoms with Crippen molar-refractivity contribution in [3.63, 3.8) is 0 Å². The van der Waals surface area contributed by atoms with Crippen molar-refractivity contribution in [1.82, 2.24) is 9.62 Å². The van der Waals surface area contributed by atoms with Gasteiger partial charge in [0, 0.05) is 23.4 Å². The maximum atomic E-state index is 13.0. The summed E-state index contributed by atoms with van der Waals surface area (Å²) in [6.45, 7) is 19.8. The third-order valence-electron chi connectivity index (χ3n) is 3.26. The Kier molecular flexibility index (Phi) is 7.25. The van der Waals surface area contributed by atoms with Crippen LogP contribution in [0.1, 0.15) is 69.2 Å². The summed E-state index contributed by atoms with van der Waals surface area (Å²) in [5, 5.41) is 0. The molecule has 0 aliphatic rings.